The van der Waals surface area contributed by atoms with Gasteiger partial charge in [0.25, 0.3) is 0 Å². The van der Waals surface area contributed by atoms with Crippen LogP contribution in [-0.2, 0) is 9.47 Å². The first kappa shape index (κ1) is 15.4. The maximum atomic E-state index is 9.15. The molecule has 3 atom stereocenters. The van der Waals surface area contributed by atoms with Gasteiger partial charge in [-0.1, -0.05) is 6.92 Å². The van der Waals surface area contributed by atoms with Crippen LogP contribution in [0.5, 0.6) is 0 Å². The van der Waals surface area contributed by atoms with E-state index in [1.807, 2.05) is 13.8 Å². The lowest BCUT2D eigenvalue weighted by molar-refractivity contribution is -0.103. The van der Waals surface area contributed by atoms with Crippen LogP contribution in [0.2, 0.25) is 0 Å². The number of nitrogens with one attached hydrogen (secondary N) is 1. The Morgan fingerprint density at radius 2 is 2.00 bits per heavy atom. The van der Waals surface area contributed by atoms with Crippen molar-refractivity contribution in [3.63, 3.8) is 0 Å². The Morgan fingerprint density at radius 3 is 2.50 bits per heavy atom. The van der Waals surface area contributed by atoms with Crippen molar-refractivity contribution >= 4 is 0 Å². The lowest BCUT2D eigenvalue weighted by Crippen LogP contribution is -2.42. The predicted octanol–water partition coefficient (Wildman–Crippen LogP) is 2.24. The lowest BCUT2D eigenvalue weighted by atomic mass is 10.00. The van der Waals surface area contributed by atoms with Crippen LogP contribution in [0.1, 0.15) is 47.0 Å². The van der Waals surface area contributed by atoms with Gasteiger partial charge < -0.3 is 9.47 Å². The predicted molar refractivity (Wildman–Crippen MR) is 71.3 cm³/mol. The molecular weight excluding hydrogens is 228 g/mol. The normalized spacial score (nSPS) is 31.6. The molecule has 1 fully saturated rings. The average Bonchev–Trinajstić information content (AvgIpc) is 2.28. The van der Waals surface area contributed by atoms with Crippen molar-refractivity contribution in [3.8, 4) is 6.07 Å². The Kier molecular flexibility index (Phi) is 6.07. The second-order valence-corrected chi connectivity index (χ2v) is 5.45. The summed E-state index contributed by atoms with van der Waals surface area (Å²) in [6, 6.07) is 2.32. The van der Waals surface area contributed by atoms with E-state index in [1.54, 1.807) is 0 Å². The second-order valence-electron chi connectivity index (χ2n) is 5.45. The molecule has 1 rings (SSSR count). The van der Waals surface area contributed by atoms with Crippen LogP contribution < -0.4 is 5.32 Å². The highest BCUT2D eigenvalue weighted by Gasteiger charge is 2.27. The van der Waals surface area contributed by atoms with Crippen molar-refractivity contribution in [3.05, 3.63) is 0 Å². The van der Waals surface area contributed by atoms with E-state index in [4.69, 9.17) is 14.7 Å². The van der Waals surface area contributed by atoms with Crippen LogP contribution in [0.15, 0.2) is 0 Å². The SMILES string of the molecule is CCNC(C)(C#N)CCOC1CC(C)OC(C)C1. The number of rotatable bonds is 6. The first-order chi connectivity index (χ1) is 8.49. The minimum atomic E-state index is -0.475. The fourth-order valence-electron chi connectivity index (χ4n) is 2.48. The summed E-state index contributed by atoms with van der Waals surface area (Å²) >= 11 is 0. The molecule has 104 valence electrons. The van der Waals surface area contributed by atoms with Crippen LogP contribution in [0, 0.1) is 11.3 Å². The quantitative estimate of drug-likeness (QED) is 0.790. The van der Waals surface area contributed by atoms with E-state index in [2.05, 4.69) is 25.2 Å². The lowest BCUT2D eigenvalue weighted by Gasteiger charge is -2.32. The molecule has 1 heterocycles. The molecule has 1 N–H and O–H groups in total. The monoisotopic (exact) mass is 254 g/mol. The molecule has 0 saturated carbocycles. The van der Waals surface area contributed by atoms with Gasteiger partial charge >= 0.3 is 0 Å². The van der Waals surface area contributed by atoms with Gasteiger partial charge in [0.05, 0.1) is 24.4 Å². The van der Waals surface area contributed by atoms with Gasteiger partial charge in [0.1, 0.15) is 5.54 Å². The van der Waals surface area contributed by atoms with E-state index in [-0.39, 0.29) is 18.3 Å². The minimum Gasteiger partial charge on any atom is -0.378 e. The van der Waals surface area contributed by atoms with Gasteiger partial charge in [0.15, 0.2) is 0 Å². The third-order valence-electron chi connectivity index (χ3n) is 3.42. The summed E-state index contributed by atoms with van der Waals surface area (Å²) in [4.78, 5) is 0. The Morgan fingerprint density at radius 1 is 1.39 bits per heavy atom. The van der Waals surface area contributed by atoms with Crippen LogP contribution in [0.4, 0.5) is 0 Å². The molecule has 3 unspecified atom stereocenters. The summed E-state index contributed by atoms with van der Waals surface area (Å²) in [5.74, 6) is 0. The fraction of sp³-hybridized carbons (Fsp3) is 0.929. The molecule has 0 radical (unpaired) electrons. The van der Waals surface area contributed by atoms with Gasteiger partial charge in [0, 0.05) is 13.0 Å². The Balaban J connectivity index is 2.30. The zero-order valence-corrected chi connectivity index (χ0v) is 12.0. The van der Waals surface area contributed by atoms with E-state index in [0.717, 1.165) is 25.8 Å². The molecule has 4 nitrogen and oxygen atoms in total. The number of nitrogens with zero attached hydrogens (tertiary/aromatic N) is 1. The number of nitriles is 1. The Bertz CT molecular complexity index is 280. The smallest absolute Gasteiger partial charge is 0.106 e. The summed E-state index contributed by atoms with van der Waals surface area (Å²) in [6.45, 7) is 9.54. The van der Waals surface area contributed by atoms with E-state index < -0.39 is 5.54 Å². The van der Waals surface area contributed by atoms with E-state index in [9.17, 15) is 0 Å². The highest BCUT2D eigenvalue weighted by atomic mass is 16.5. The van der Waals surface area contributed by atoms with Crippen molar-refractivity contribution < 1.29 is 9.47 Å². The number of ether oxygens (including phenoxy) is 2. The molecule has 18 heavy (non-hydrogen) atoms. The molecule has 1 aliphatic heterocycles. The van der Waals surface area contributed by atoms with Crippen molar-refractivity contribution in [2.45, 2.75) is 70.8 Å². The fourth-order valence-corrected chi connectivity index (χ4v) is 2.48. The van der Waals surface area contributed by atoms with Crippen molar-refractivity contribution in [2.75, 3.05) is 13.2 Å². The van der Waals surface area contributed by atoms with Crippen molar-refractivity contribution in [1.82, 2.24) is 5.32 Å². The third-order valence-corrected chi connectivity index (χ3v) is 3.42. The van der Waals surface area contributed by atoms with Gasteiger partial charge in [-0.3, -0.25) is 5.32 Å². The topological polar surface area (TPSA) is 54.3 Å². The van der Waals surface area contributed by atoms with E-state index in [1.165, 1.54) is 0 Å². The highest BCUT2D eigenvalue weighted by molar-refractivity contribution is 5.03. The maximum Gasteiger partial charge on any atom is 0.106 e. The van der Waals surface area contributed by atoms with Crippen LogP contribution in [0.3, 0.4) is 0 Å². The van der Waals surface area contributed by atoms with Crippen LogP contribution >= 0.6 is 0 Å². The Hall–Kier alpha value is -0.630. The van der Waals surface area contributed by atoms with Crippen molar-refractivity contribution in [2.24, 2.45) is 0 Å². The zero-order chi connectivity index (χ0) is 13.6. The van der Waals surface area contributed by atoms with E-state index >= 15 is 0 Å². The van der Waals surface area contributed by atoms with Gasteiger partial charge in [0.2, 0.25) is 0 Å². The van der Waals surface area contributed by atoms with Crippen molar-refractivity contribution in [1.29, 1.82) is 5.26 Å². The van der Waals surface area contributed by atoms with Gasteiger partial charge in [-0.2, -0.15) is 5.26 Å². The maximum absolute atomic E-state index is 9.15. The van der Waals surface area contributed by atoms with Gasteiger partial charge in [-0.05, 0) is 40.2 Å². The summed E-state index contributed by atoms with van der Waals surface area (Å²) < 4.78 is 11.6. The summed E-state index contributed by atoms with van der Waals surface area (Å²) in [5, 5.41) is 12.3. The standard InChI is InChI=1S/C14H26N2O2/c1-5-16-14(4,10-15)6-7-17-13-8-11(2)18-12(3)9-13/h11-13,16H,5-9H2,1-4H3. The molecule has 0 aromatic rings. The third kappa shape index (κ3) is 4.93. The molecule has 0 aromatic carbocycles. The molecule has 0 aromatic heterocycles. The molecule has 0 spiro atoms. The highest BCUT2D eigenvalue weighted by Crippen LogP contribution is 2.22. The molecular formula is C14H26N2O2. The molecule has 1 saturated heterocycles. The largest absolute Gasteiger partial charge is 0.378 e. The minimum absolute atomic E-state index is 0.272. The van der Waals surface area contributed by atoms with E-state index in [0.29, 0.717) is 6.61 Å². The molecule has 0 bridgehead atoms. The Labute approximate surface area is 111 Å². The zero-order valence-electron chi connectivity index (χ0n) is 12.0. The molecule has 0 amide bonds. The number of hydrogen-bond acceptors (Lipinski definition) is 4. The van der Waals surface area contributed by atoms with Crippen LogP contribution in [-0.4, -0.2) is 37.0 Å². The summed E-state index contributed by atoms with van der Waals surface area (Å²) in [7, 11) is 0. The molecule has 0 aliphatic carbocycles. The summed E-state index contributed by atoms with van der Waals surface area (Å²) in [6.07, 6.45) is 3.44. The first-order valence-corrected chi connectivity index (χ1v) is 6.92. The summed E-state index contributed by atoms with van der Waals surface area (Å²) in [5.41, 5.74) is -0.475. The molecule has 4 heteroatoms. The van der Waals surface area contributed by atoms with Gasteiger partial charge in [-0.25, -0.2) is 0 Å². The average molecular weight is 254 g/mol. The number of hydrogen-bond donors (Lipinski definition) is 1. The molecule has 1 aliphatic rings. The van der Waals surface area contributed by atoms with Crippen LogP contribution in [0.25, 0.3) is 0 Å². The second kappa shape index (κ2) is 7.08. The first-order valence-electron chi connectivity index (χ1n) is 6.92. The van der Waals surface area contributed by atoms with Gasteiger partial charge in [-0.15, -0.1) is 0 Å².